The van der Waals surface area contributed by atoms with Crippen molar-refractivity contribution in [2.75, 3.05) is 11.4 Å². The first-order chi connectivity index (χ1) is 21.8. The molecule has 0 spiro atoms. The van der Waals surface area contributed by atoms with Gasteiger partial charge in [0.05, 0.1) is 29.0 Å². The van der Waals surface area contributed by atoms with Gasteiger partial charge in [-0.05, 0) is 112 Å². The summed E-state index contributed by atoms with van der Waals surface area (Å²) in [6.45, 7) is 8.14. The maximum absolute atomic E-state index is 13.7. The summed E-state index contributed by atoms with van der Waals surface area (Å²) >= 11 is 6.71. The van der Waals surface area contributed by atoms with Crippen molar-refractivity contribution >= 4 is 52.2 Å². The lowest BCUT2D eigenvalue weighted by molar-refractivity contribution is 0.00578. The minimum Gasteiger partial charge on any atom is -0.455 e. The third-order valence-electron chi connectivity index (χ3n) is 9.29. The molecule has 6 rings (SSSR count). The molecule has 2 aliphatic rings. The fraction of sp³-hybridized carbons (Fsp3) is 0.382. The SMILES string of the molecule is CNC(=O)c1c(-c2ccc(F)cc2)oc2cc(N(Cc3ccc(CCB4OC(C)(C)C(C)(C)O4)c(Cl)c3)[SH](=O)=O)c(C3CC3)cc12. The molecule has 0 bridgehead atoms. The fourth-order valence-electron chi connectivity index (χ4n) is 5.90. The van der Waals surface area contributed by atoms with Gasteiger partial charge in [-0.1, -0.05) is 23.7 Å². The van der Waals surface area contributed by atoms with Crippen LogP contribution in [-0.2, 0) is 33.2 Å². The van der Waals surface area contributed by atoms with E-state index in [4.69, 9.17) is 25.3 Å². The number of aryl methyl sites for hydroxylation is 1. The first-order valence-corrected chi connectivity index (χ1v) is 16.9. The Kier molecular flexibility index (Phi) is 8.73. The Bertz CT molecular complexity index is 1860. The molecule has 1 amide bonds. The van der Waals surface area contributed by atoms with Crippen LogP contribution in [-0.4, -0.2) is 39.7 Å². The number of benzene rings is 3. The van der Waals surface area contributed by atoms with Crippen LogP contribution in [0.5, 0.6) is 0 Å². The monoisotopic (exact) mass is 666 g/mol. The number of hydrogen-bond acceptors (Lipinski definition) is 6. The number of amides is 1. The summed E-state index contributed by atoms with van der Waals surface area (Å²) in [5.41, 5.74) is 3.36. The van der Waals surface area contributed by atoms with E-state index in [1.54, 1.807) is 24.3 Å². The Labute approximate surface area is 275 Å². The smallest absolute Gasteiger partial charge is 0.455 e. The predicted octanol–water partition coefficient (Wildman–Crippen LogP) is 7.30. The van der Waals surface area contributed by atoms with Crippen molar-refractivity contribution in [1.82, 2.24) is 5.32 Å². The number of hydrogen-bond donors (Lipinski definition) is 2. The zero-order valence-corrected chi connectivity index (χ0v) is 28.1. The second kappa shape index (κ2) is 12.3. The van der Waals surface area contributed by atoms with Gasteiger partial charge in [0.2, 0.25) is 10.9 Å². The maximum atomic E-state index is 13.7. The zero-order chi connectivity index (χ0) is 33.0. The highest BCUT2D eigenvalue weighted by Gasteiger charge is 2.50. The van der Waals surface area contributed by atoms with Crippen molar-refractivity contribution < 1.29 is 31.3 Å². The topological polar surface area (TPSA) is 98.1 Å². The molecule has 0 radical (unpaired) electrons. The maximum Gasteiger partial charge on any atom is 0.458 e. The molecular formula is C34H37BClFN2O6S. The summed E-state index contributed by atoms with van der Waals surface area (Å²) < 4.78 is 59.0. The van der Waals surface area contributed by atoms with Crippen LogP contribution in [0, 0.1) is 5.82 Å². The van der Waals surface area contributed by atoms with Crippen LogP contribution in [0.25, 0.3) is 22.3 Å². The van der Waals surface area contributed by atoms with Crippen molar-refractivity contribution in [2.24, 2.45) is 0 Å². The van der Waals surface area contributed by atoms with Crippen LogP contribution in [0.1, 0.15) is 73.5 Å². The molecule has 0 unspecified atom stereocenters. The third kappa shape index (κ3) is 6.30. The number of nitrogens with one attached hydrogen (secondary N) is 1. The molecule has 4 aromatic rings. The molecular weight excluding hydrogens is 630 g/mol. The second-order valence-electron chi connectivity index (χ2n) is 13.0. The number of halogens is 2. The molecule has 1 saturated carbocycles. The summed E-state index contributed by atoms with van der Waals surface area (Å²) in [5.74, 6) is -0.325. The molecule has 46 heavy (non-hydrogen) atoms. The number of anilines is 1. The summed E-state index contributed by atoms with van der Waals surface area (Å²) in [7, 11) is -1.86. The van der Waals surface area contributed by atoms with Gasteiger partial charge in [0.25, 0.3) is 5.91 Å². The number of carbonyl (C=O) groups is 1. The number of rotatable bonds is 10. The predicted molar refractivity (Wildman–Crippen MR) is 180 cm³/mol. The van der Waals surface area contributed by atoms with E-state index < -0.39 is 27.9 Å². The van der Waals surface area contributed by atoms with Gasteiger partial charge in [-0.25, -0.2) is 12.8 Å². The third-order valence-corrected chi connectivity index (χ3v) is 10.4. The molecule has 1 N–H and O–H groups in total. The first-order valence-electron chi connectivity index (χ1n) is 15.4. The van der Waals surface area contributed by atoms with Gasteiger partial charge >= 0.3 is 7.12 Å². The summed E-state index contributed by atoms with van der Waals surface area (Å²) in [4.78, 5) is 13.1. The molecule has 12 heteroatoms. The Morgan fingerprint density at radius 1 is 1.04 bits per heavy atom. The van der Waals surface area contributed by atoms with Crippen LogP contribution in [0.2, 0.25) is 11.3 Å². The van der Waals surface area contributed by atoms with Gasteiger partial charge < -0.3 is 19.0 Å². The number of fused-ring (bicyclic) bond motifs is 1. The number of nitrogens with zero attached hydrogens (tertiary/aromatic N) is 1. The molecule has 1 saturated heterocycles. The largest absolute Gasteiger partial charge is 0.458 e. The van der Waals surface area contributed by atoms with E-state index in [2.05, 4.69) is 5.32 Å². The highest BCUT2D eigenvalue weighted by molar-refractivity contribution is 7.74. The molecule has 3 aromatic carbocycles. The van der Waals surface area contributed by atoms with Crippen molar-refractivity contribution in [1.29, 1.82) is 0 Å². The normalized spacial score (nSPS) is 17.2. The van der Waals surface area contributed by atoms with Crippen LogP contribution < -0.4 is 9.62 Å². The van der Waals surface area contributed by atoms with Crippen molar-refractivity contribution in [3.63, 3.8) is 0 Å². The highest BCUT2D eigenvalue weighted by atomic mass is 35.5. The Morgan fingerprint density at radius 3 is 2.30 bits per heavy atom. The van der Waals surface area contributed by atoms with Crippen molar-refractivity contribution in [3.05, 3.63) is 87.7 Å². The average molecular weight is 667 g/mol. The summed E-state index contributed by atoms with van der Waals surface area (Å²) in [6.07, 6.45) is 3.09. The van der Waals surface area contributed by atoms with Crippen LogP contribution in [0.15, 0.2) is 59.0 Å². The highest BCUT2D eigenvalue weighted by Crippen LogP contribution is 2.48. The first kappa shape index (κ1) is 32.6. The minimum absolute atomic E-state index is 0.0645. The molecule has 1 aliphatic heterocycles. The van der Waals surface area contributed by atoms with E-state index in [1.165, 1.54) is 23.5 Å². The summed E-state index contributed by atoms with van der Waals surface area (Å²) in [6, 6.07) is 14.8. The lowest BCUT2D eigenvalue weighted by atomic mass is 9.81. The van der Waals surface area contributed by atoms with Gasteiger partial charge in [0, 0.05) is 29.1 Å². The molecule has 8 nitrogen and oxygen atoms in total. The summed E-state index contributed by atoms with van der Waals surface area (Å²) in [5, 5.41) is 3.78. The fourth-order valence-corrected chi connectivity index (χ4v) is 6.83. The standard InChI is InChI=1S/C34H37BClFN2O6S/c1-33(2)34(3,4)45-35(44-33)15-14-22-7-6-20(16-27(22)36)19-39(46(41)42)28-18-29-26(17-25(28)21-8-9-21)30(32(40)38-5)31(43-29)23-10-12-24(37)13-11-23/h6-7,10-13,16-18,21,46H,8-9,14-15,19H2,1-5H3,(H,38,40). The Morgan fingerprint density at radius 2 is 1.72 bits per heavy atom. The molecule has 1 aromatic heterocycles. The van der Waals surface area contributed by atoms with Crippen LogP contribution >= 0.6 is 11.6 Å². The van der Waals surface area contributed by atoms with E-state index >= 15 is 0 Å². The number of furan rings is 1. The van der Waals surface area contributed by atoms with E-state index in [1.807, 2.05) is 45.9 Å². The zero-order valence-electron chi connectivity index (χ0n) is 26.5. The molecule has 0 atom stereocenters. The average Bonchev–Trinajstić information content (AvgIpc) is 3.74. The van der Waals surface area contributed by atoms with E-state index in [0.29, 0.717) is 45.5 Å². The van der Waals surface area contributed by atoms with Gasteiger partial charge in [-0.2, -0.15) is 0 Å². The lowest BCUT2D eigenvalue weighted by Gasteiger charge is -2.32. The van der Waals surface area contributed by atoms with Gasteiger partial charge in [0.15, 0.2) is 0 Å². The molecule has 2 fully saturated rings. The van der Waals surface area contributed by atoms with E-state index in [-0.39, 0.29) is 31.2 Å². The van der Waals surface area contributed by atoms with Gasteiger partial charge in [-0.3, -0.25) is 9.10 Å². The van der Waals surface area contributed by atoms with Crippen molar-refractivity contribution in [2.45, 2.75) is 76.9 Å². The molecule has 2 heterocycles. The second-order valence-corrected chi connectivity index (χ2v) is 14.4. The van der Waals surface area contributed by atoms with Gasteiger partial charge in [-0.15, -0.1) is 0 Å². The van der Waals surface area contributed by atoms with Crippen molar-refractivity contribution in [3.8, 4) is 11.3 Å². The minimum atomic E-state index is -3.05. The number of carbonyl (C=O) groups excluding carboxylic acids is 1. The van der Waals surface area contributed by atoms with Gasteiger partial charge in [0.1, 0.15) is 17.2 Å². The molecule has 242 valence electrons. The van der Waals surface area contributed by atoms with E-state index in [0.717, 1.165) is 29.5 Å². The van der Waals surface area contributed by atoms with E-state index in [9.17, 15) is 17.6 Å². The molecule has 1 aliphatic carbocycles. The quantitative estimate of drug-likeness (QED) is 0.136. The Hall–Kier alpha value is -3.38. The number of thiol groups is 1. The lowest BCUT2D eigenvalue weighted by Crippen LogP contribution is -2.41. The Balaban J connectivity index is 1.31. The van der Waals surface area contributed by atoms with Crippen LogP contribution in [0.4, 0.5) is 10.1 Å². The van der Waals surface area contributed by atoms with Crippen LogP contribution in [0.3, 0.4) is 0 Å².